The van der Waals surface area contributed by atoms with E-state index in [0.29, 0.717) is 12.2 Å². The highest BCUT2D eigenvalue weighted by Gasteiger charge is 2.22. The zero-order valence-corrected chi connectivity index (χ0v) is 15.2. The van der Waals surface area contributed by atoms with Crippen molar-refractivity contribution in [3.05, 3.63) is 59.2 Å². The molecule has 1 aromatic carbocycles. The number of benzene rings is 1. The van der Waals surface area contributed by atoms with E-state index in [1.54, 1.807) is 18.5 Å². The van der Waals surface area contributed by atoms with Gasteiger partial charge in [-0.05, 0) is 32.4 Å². The van der Waals surface area contributed by atoms with Crippen molar-refractivity contribution in [3.8, 4) is 0 Å². The van der Waals surface area contributed by atoms with E-state index in [4.69, 9.17) is 0 Å². The van der Waals surface area contributed by atoms with Crippen LogP contribution in [0.1, 0.15) is 41.9 Å². The lowest BCUT2D eigenvalue weighted by atomic mass is 10.1. The van der Waals surface area contributed by atoms with E-state index in [0.717, 1.165) is 5.56 Å². The number of nitrogens with one attached hydrogen (secondary N) is 1. The number of nitrogens with zero attached hydrogens (tertiary/aromatic N) is 5. The number of aryl methyl sites for hydroxylation is 2. The molecular formula is C18H20F2N6O. The molecular weight excluding hydrogens is 354 g/mol. The van der Waals surface area contributed by atoms with E-state index in [1.165, 1.54) is 22.6 Å². The number of hydrogen-bond donors (Lipinski definition) is 1. The Morgan fingerprint density at radius 1 is 1.19 bits per heavy atom. The van der Waals surface area contributed by atoms with E-state index in [2.05, 4.69) is 20.5 Å². The summed E-state index contributed by atoms with van der Waals surface area (Å²) in [7, 11) is 0. The molecule has 0 fully saturated rings. The van der Waals surface area contributed by atoms with Crippen LogP contribution in [0.2, 0.25) is 0 Å². The van der Waals surface area contributed by atoms with Gasteiger partial charge < -0.3 is 0 Å². The van der Waals surface area contributed by atoms with Crippen LogP contribution >= 0.6 is 0 Å². The maximum absolute atomic E-state index is 12.8. The molecule has 1 atom stereocenters. The smallest absolute Gasteiger partial charge is 0.282 e. The zero-order valence-electron chi connectivity index (χ0n) is 15.2. The standard InChI is InChI=1S/C18H20F2N6O/c1-11-4-6-14(7-5-11)9-25-10-21-18(24-25)22-17(27)13(3)26-12(2)8-15(23-26)16(19)20/h4-8,10,13,16H,9H2,1-3H3,(H,22,24,27). The number of amides is 1. The van der Waals surface area contributed by atoms with Crippen molar-refractivity contribution < 1.29 is 13.6 Å². The first kappa shape index (κ1) is 18.7. The second-order valence-electron chi connectivity index (χ2n) is 6.37. The summed E-state index contributed by atoms with van der Waals surface area (Å²) in [6, 6.07) is 8.51. The van der Waals surface area contributed by atoms with Gasteiger partial charge in [0.05, 0.1) is 6.54 Å². The fraction of sp³-hybridized carbons (Fsp3) is 0.333. The predicted octanol–water partition coefficient (Wildman–Crippen LogP) is 3.28. The fourth-order valence-electron chi connectivity index (χ4n) is 2.65. The topological polar surface area (TPSA) is 77.6 Å². The Hall–Kier alpha value is -3.10. The van der Waals surface area contributed by atoms with Crippen LogP contribution in [0, 0.1) is 13.8 Å². The molecule has 3 rings (SSSR count). The maximum Gasteiger partial charge on any atom is 0.282 e. The molecule has 0 bridgehead atoms. The lowest BCUT2D eigenvalue weighted by molar-refractivity contribution is -0.119. The molecule has 1 amide bonds. The van der Waals surface area contributed by atoms with Crippen molar-refractivity contribution in [2.45, 2.75) is 39.8 Å². The number of aromatic nitrogens is 5. The Balaban J connectivity index is 1.65. The molecule has 0 aliphatic heterocycles. The van der Waals surface area contributed by atoms with Gasteiger partial charge in [0, 0.05) is 5.69 Å². The van der Waals surface area contributed by atoms with Crippen LogP contribution < -0.4 is 5.32 Å². The molecule has 0 aliphatic carbocycles. The Kier molecular flexibility index (Phi) is 5.29. The van der Waals surface area contributed by atoms with Gasteiger partial charge in [-0.3, -0.25) is 14.8 Å². The van der Waals surface area contributed by atoms with E-state index >= 15 is 0 Å². The van der Waals surface area contributed by atoms with Crippen LogP contribution in [0.3, 0.4) is 0 Å². The summed E-state index contributed by atoms with van der Waals surface area (Å²) < 4.78 is 28.4. The van der Waals surface area contributed by atoms with Crippen LogP contribution in [0.15, 0.2) is 36.7 Å². The molecule has 1 N–H and O–H groups in total. The minimum atomic E-state index is -2.68. The lowest BCUT2D eigenvalue weighted by Gasteiger charge is -2.12. The third-order valence-corrected chi connectivity index (χ3v) is 4.15. The van der Waals surface area contributed by atoms with E-state index < -0.39 is 18.4 Å². The molecule has 0 spiro atoms. The molecule has 3 aromatic rings. The quantitative estimate of drug-likeness (QED) is 0.718. The minimum Gasteiger partial charge on any atom is -0.291 e. The van der Waals surface area contributed by atoms with Gasteiger partial charge in [-0.1, -0.05) is 29.8 Å². The monoisotopic (exact) mass is 374 g/mol. The second kappa shape index (κ2) is 7.65. The number of rotatable bonds is 6. The largest absolute Gasteiger partial charge is 0.291 e. The summed E-state index contributed by atoms with van der Waals surface area (Å²) in [6.45, 7) is 5.74. The SMILES string of the molecule is Cc1ccc(Cn2cnc(NC(=O)C(C)n3nc(C(F)F)cc3C)n2)cc1. The Morgan fingerprint density at radius 2 is 1.89 bits per heavy atom. The first-order valence-corrected chi connectivity index (χ1v) is 8.43. The molecule has 0 radical (unpaired) electrons. The summed E-state index contributed by atoms with van der Waals surface area (Å²) in [5, 5.41) is 10.6. The van der Waals surface area contributed by atoms with Crippen LogP contribution in [-0.4, -0.2) is 30.5 Å². The third kappa shape index (κ3) is 4.36. The molecule has 2 heterocycles. The van der Waals surface area contributed by atoms with Crippen LogP contribution in [-0.2, 0) is 11.3 Å². The highest BCUT2D eigenvalue weighted by Crippen LogP contribution is 2.20. The molecule has 7 nitrogen and oxygen atoms in total. The first-order chi connectivity index (χ1) is 12.8. The average Bonchev–Trinajstić information content (AvgIpc) is 3.23. The highest BCUT2D eigenvalue weighted by molar-refractivity contribution is 5.91. The van der Waals surface area contributed by atoms with Crippen LogP contribution in [0.4, 0.5) is 14.7 Å². The van der Waals surface area contributed by atoms with E-state index in [9.17, 15) is 13.6 Å². The predicted molar refractivity (Wildman–Crippen MR) is 95.6 cm³/mol. The summed E-state index contributed by atoms with van der Waals surface area (Å²) in [4.78, 5) is 16.5. The van der Waals surface area contributed by atoms with E-state index in [1.807, 2.05) is 31.2 Å². The highest BCUT2D eigenvalue weighted by atomic mass is 19.3. The van der Waals surface area contributed by atoms with Crippen LogP contribution in [0.25, 0.3) is 0 Å². The van der Waals surface area contributed by atoms with Gasteiger partial charge in [-0.25, -0.2) is 18.4 Å². The summed E-state index contributed by atoms with van der Waals surface area (Å²) in [6.07, 6.45) is -1.16. The maximum atomic E-state index is 12.8. The van der Waals surface area contributed by atoms with Crippen molar-refractivity contribution in [2.75, 3.05) is 5.32 Å². The normalized spacial score (nSPS) is 12.4. The van der Waals surface area contributed by atoms with Crippen molar-refractivity contribution in [1.82, 2.24) is 24.5 Å². The molecule has 142 valence electrons. The number of carbonyl (C=O) groups is 1. The van der Waals surface area contributed by atoms with Crippen molar-refractivity contribution in [2.24, 2.45) is 0 Å². The van der Waals surface area contributed by atoms with Gasteiger partial charge in [-0.15, -0.1) is 5.10 Å². The first-order valence-electron chi connectivity index (χ1n) is 8.43. The van der Waals surface area contributed by atoms with Gasteiger partial charge in [0.1, 0.15) is 18.1 Å². The van der Waals surface area contributed by atoms with Crippen molar-refractivity contribution >= 4 is 11.9 Å². The molecule has 0 saturated carbocycles. The molecule has 0 aliphatic rings. The second-order valence-corrected chi connectivity index (χ2v) is 6.37. The molecule has 27 heavy (non-hydrogen) atoms. The van der Waals surface area contributed by atoms with Gasteiger partial charge >= 0.3 is 0 Å². The Morgan fingerprint density at radius 3 is 2.52 bits per heavy atom. The minimum absolute atomic E-state index is 0.151. The molecule has 1 unspecified atom stereocenters. The Bertz CT molecular complexity index is 932. The van der Waals surface area contributed by atoms with E-state index in [-0.39, 0.29) is 11.6 Å². The lowest BCUT2D eigenvalue weighted by Crippen LogP contribution is -2.26. The molecule has 9 heteroatoms. The third-order valence-electron chi connectivity index (χ3n) is 4.15. The molecule has 2 aromatic heterocycles. The zero-order chi connectivity index (χ0) is 19.6. The van der Waals surface area contributed by atoms with Gasteiger partial charge in [0.25, 0.3) is 12.3 Å². The summed E-state index contributed by atoms with van der Waals surface area (Å²) in [5.41, 5.74) is 2.35. The fourth-order valence-corrected chi connectivity index (χ4v) is 2.65. The van der Waals surface area contributed by atoms with Gasteiger partial charge in [0.15, 0.2) is 0 Å². The summed E-state index contributed by atoms with van der Waals surface area (Å²) in [5.74, 6) is -0.284. The Labute approximate surface area is 155 Å². The molecule has 0 saturated heterocycles. The van der Waals surface area contributed by atoms with Crippen molar-refractivity contribution in [3.63, 3.8) is 0 Å². The number of hydrogen-bond acceptors (Lipinski definition) is 4. The number of anilines is 1. The number of alkyl halides is 2. The average molecular weight is 374 g/mol. The van der Waals surface area contributed by atoms with Gasteiger partial charge in [-0.2, -0.15) is 5.10 Å². The van der Waals surface area contributed by atoms with Crippen molar-refractivity contribution in [1.29, 1.82) is 0 Å². The van der Waals surface area contributed by atoms with Crippen LogP contribution in [0.5, 0.6) is 0 Å². The summed E-state index contributed by atoms with van der Waals surface area (Å²) >= 11 is 0. The number of halogens is 2. The number of carbonyl (C=O) groups excluding carboxylic acids is 1. The van der Waals surface area contributed by atoms with Gasteiger partial charge in [0.2, 0.25) is 5.95 Å².